The van der Waals surface area contributed by atoms with Crippen LogP contribution >= 0.6 is 17.5 Å². The van der Waals surface area contributed by atoms with Crippen molar-refractivity contribution in [2.24, 2.45) is 0 Å². The normalized spacial score (nSPS) is 15.6. The molecule has 1 aromatic carbocycles. The average Bonchev–Trinajstić information content (AvgIpc) is 3.35. The van der Waals surface area contributed by atoms with Crippen LogP contribution in [0.2, 0.25) is 0 Å². The minimum atomic E-state index is -4.17. The average molecular weight is 713 g/mol. The summed E-state index contributed by atoms with van der Waals surface area (Å²) in [6, 6.07) is 5.94. The van der Waals surface area contributed by atoms with E-state index in [0.29, 0.717) is 35.3 Å². The van der Waals surface area contributed by atoms with Gasteiger partial charge in [0.05, 0.1) is 17.7 Å². The lowest BCUT2D eigenvalue weighted by Crippen LogP contribution is -2.45. The number of pyridine rings is 1. The summed E-state index contributed by atoms with van der Waals surface area (Å²) in [4.78, 5) is 20.3. The third-order valence-electron chi connectivity index (χ3n) is 8.14. The number of halogens is 2. The van der Waals surface area contributed by atoms with Gasteiger partial charge in [-0.25, -0.2) is 22.2 Å². The molecule has 258 valence electrons. The van der Waals surface area contributed by atoms with Gasteiger partial charge in [0.2, 0.25) is 10.9 Å². The second-order valence-electron chi connectivity index (χ2n) is 12.5. The summed E-state index contributed by atoms with van der Waals surface area (Å²) < 4.78 is 66.7. The number of hydrogen-bond acceptors (Lipinski definition) is 8. The van der Waals surface area contributed by atoms with Crippen molar-refractivity contribution < 1.29 is 31.8 Å². The summed E-state index contributed by atoms with van der Waals surface area (Å²) in [5.41, 5.74) is 1.20. The molecule has 3 heterocycles. The van der Waals surface area contributed by atoms with Crippen molar-refractivity contribution in [2.45, 2.75) is 57.1 Å². The monoisotopic (exact) mass is 712 g/mol. The highest BCUT2D eigenvalue weighted by Crippen LogP contribution is 2.38. The molecule has 0 amide bonds. The van der Waals surface area contributed by atoms with Gasteiger partial charge in [0.1, 0.15) is 12.4 Å². The minimum absolute atomic E-state index is 0.0586. The van der Waals surface area contributed by atoms with Gasteiger partial charge in [0.15, 0.2) is 5.82 Å². The Hall–Kier alpha value is -2.60. The maximum absolute atomic E-state index is 16.2. The lowest BCUT2D eigenvalue weighted by atomic mass is 9.88. The molecule has 4 rings (SSSR count). The van der Waals surface area contributed by atoms with Gasteiger partial charge in [-0.1, -0.05) is 13.8 Å². The van der Waals surface area contributed by atoms with Crippen LogP contribution in [0.4, 0.5) is 8.78 Å². The van der Waals surface area contributed by atoms with Gasteiger partial charge in [-0.3, -0.25) is 14.4 Å². The molecule has 2 aromatic heterocycles. The van der Waals surface area contributed by atoms with Crippen LogP contribution in [0.3, 0.4) is 0 Å². The summed E-state index contributed by atoms with van der Waals surface area (Å²) >= 11 is 0. The number of aliphatic carboxylic acids is 1. The summed E-state index contributed by atoms with van der Waals surface area (Å²) in [5, 5.41) is 13.4. The number of carboxylic acids is 1. The summed E-state index contributed by atoms with van der Waals surface area (Å²) in [5.74, 6) is -2.31. The topological polar surface area (TPSA) is 121 Å². The van der Waals surface area contributed by atoms with Crippen LogP contribution in [-0.2, 0) is 33.3 Å². The smallest absolute Gasteiger partial charge is 0.307 e. The van der Waals surface area contributed by atoms with Gasteiger partial charge >= 0.3 is 5.97 Å². The first kappa shape index (κ1) is 37.2. The molecular weight excluding hydrogens is 668 g/mol. The Morgan fingerprint density at radius 1 is 1.13 bits per heavy atom. The number of piperazine rings is 1. The van der Waals surface area contributed by atoms with E-state index in [2.05, 4.69) is 19.9 Å². The van der Waals surface area contributed by atoms with E-state index in [0.717, 1.165) is 13.1 Å². The second-order valence-corrected chi connectivity index (χ2v) is 17.1. The standard InChI is InChI=1S/C31H44F2N6O5P2S/c1-20(2)23-15-22(32)16-24(25(23)17-28(40)41)21-8-9-34-27(14-21)44-19-31(3,4)38-26(18-37-12-10-36(5)11-13-37)29(33)30(35-38)47(42,43)39(45-6)46-7/h8-9,14-16,20,45-46H,10-13,17-19H2,1-7H3,(H,40,41). The zero-order valence-electron chi connectivity index (χ0n) is 27.8. The van der Waals surface area contributed by atoms with Crippen molar-refractivity contribution in [1.82, 2.24) is 28.4 Å². The van der Waals surface area contributed by atoms with Gasteiger partial charge in [-0.2, -0.15) is 8.94 Å². The first-order valence-electron chi connectivity index (χ1n) is 15.3. The van der Waals surface area contributed by atoms with Crippen LogP contribution in [0.15, 0.2) is 35.5 Å². The van der Waals surface area contributed by atoms with Gasteiger partial charge < -0.3 is 14.7 Å². The van der Waals surface area contributed by atoms with Crippen molar-refractivity contribution in [3.05, 3.63) is 58.9 Å². The Kier molecular flexibility index (Phi) is 12.1. The van der Waals surface area contributed by atoms with E-state index < -0.39 is 38.2 Å². The first-order chi connectivity index (χ1) is 22.1. The molecule has 0 radical (unpaired) electrons. The molecule has 1 saturated heterocycles. The molecule has 1 aliphatic heterocycles. The zero-order valence-corrected chi connectivity index (χ0v) is 30.7. The Morgan fingerprint density at radius 3 is 2.38 bits per heavy atom. The van der Waals surface area contributed by atoms with Crippen LogP contribution in [-0.4, -0.2) is 101 Å². The third kappa shape index (κ3) is 8.53. The molecule has 0 spiro atoms. The van der Waals surface area contributed by atoms with E-state index in [4.69, 9.17) is 4.74 Å². The fourth-order valence-electron chi connectivity index (χ4n) is 5.62. The molecular formula is C31H44F2N6O5P2S. The highest BCUT2D eigenvalue weighted by molar-refractivity contribution is 7.97. The maximum atomic E-state index is 16.2. The fourth-order valence-corrected chi connectivity index (χ4v) is 9.65. The summed E-state index contributed by atoms with van der Waals surface area (Å²) in [6.45, 7) is 13.9. The van der Waals surface area contributed by atoms with Crippen LogP contribution in [0.25, 0.3) is 11.1 Å². The number of sulfonamides is 1. The van der Waals surface area contributed by atoms with Crippen molar-refractivity contribution in [3.63, 3.8) is 0 Å². The van der Waals surface area contributed by atoms with E-state index in [1.807, 2.05) is 20.9 Å². The molecule has 16 heteroatoms. The summed E-state index contributed by atoms with van der Waals surface area (Å²) in [7, 11) is -2.32. The van der Waals surface area contributed by atoms with Gasteiger partial charge in [0, 0.05) is 45.0 Å². The van der Waals surface area contributed by atoms with E-state index in [9.17, 15) is 22.7 Å². The number of nitrogens with zero attached hydrogens (tertiary/aromatic N) is 6. The predicted octanol–water partition coefficient (Wildman–Crippen LogP) is 4.97. The van der Waals surface area contributed by atoms with Crippen LogP contribution < -0.4 is 4.74 Å². The molecule has 1 aliphatic rings. The molecule has 3 aromatic rings. The number of ether oxygens (including phenoxy) is 1. The number of hydrogen-bond donors (Lipinski definition) is 1. The Bertz CT molecular complexity index is 1690. The van der Waals surface area contributed by atoms with Gasteiger partial charge in [-0.15, -0.1) is 0 Å². The van der Waals surface area contributed by atoms with Gasteiger partial charge in [0.25, 0.3) is 10.0 Å². The van der Waals surface area contributed by atoms with Crippen LogP contribution in [0.1, 0.15) is 50.4 Å². The summed E-state index contributed by atoms with van der Waals surface area (Å²) in [6.07, 6.45) is 1.21. The third-order valence-corrected chi connectivity index (χ3v) is 14.1. The largest absolute Gasteiger partial charge is 0.481 e. The minimum Gasteiger partial charge on any atom is -0.481 e. The van der Waals surface area contributed by atoms with E-state index in [1.165, 1.54) is 26.9 Å². The van der Waals surface area contributed by atoms with Crippen LogP contribution in [0.5, 0.6) is 5.88 Å². The molecule has 0 aliphatic carbocycles. The molecule has 47 heavy (non-hydrogen) atoms. The van der Waals surface area contributed by atoms with E-state index in [-0.39, 0.29) is 54.5 Å². The molecule has 1 N–H and O–H groups in total. The van der Waals surface area contributed by atoms with Crippen molar-refractivity contribution in [2.75, 3.05) is 53.2 Å². The SMILES string of the molecule is CPN(PC)S(=O)(=O)c1nn(C(C)(C)COc2cc(-c3cc(F)cc(C(C)C)c3CC(=O)O)ccn2)c(CN2CCN(C)CC2)c1F. The highest BCUT2D eigenvalue weighted by Gasteiger charge is 2.37. The lowest BCUT2D eigenvalue weighted by molar-refractivity contribution is -0.136. The van der Waals surface area contributed by atoms with E-state index >= 15 is 4.39 Å². The number of carbonyl (C=O) groups is 1. The first-order valence-corrected chi connectivity index (χ1v) is 19.6. The molecule has 2 unspecified atom stereocenters. The molecule has 0 bridgehead atoms. The molecule has 11 nitrogen and oxygen atoms in total. The van der Waals surface area contributed by atoms with Crippen molar-refractivity contribution in [1.29, 1.82) is 0 Å². The molecule has 0 saturated carbocycles. The molecule has 1 fully saturated rings. The number of carboxylic acid groups (broad SMARTS) is 1. The Labute approximate surface area is 279 Å². The number of benzene rings is 1. The Balaban J connectivity index is 1.70. The van der Waals surface area contributed by atoms with E-state index in [1.54, 1.807) is 39.3 Å². The number of aromatic nitrogens is 3. The maximum Gasteiger partial charge on any atom is 0.307 e. The number of likely N-dealkylation sites (N-methyl/N-ethyl adjacent to an activating group) is 1. The molecule has 2 atom stereocenters. The zero-order chi connectivity index (χ0) is 34.7. The number of rotatable bonds is 14. The Morgan fingerprint density at radius 2 is 1.79 bits per heavy atom. The van der Waals surface area contributed by atoms with Crippen LogP contribution in [0, 0.1) is 11.6 Å². The van der Waals surface area contributed by atoms with Crippen molar-refractivity contribution >= 4 is 33.5 Å². The fraction of sp³-hybridized carbons (Fsp3) is 0.516. The lowest BCUT2D eigenvalue weighted by Gasteiger charge is -2.33. The van der Waals surface area contributed by atoms with Crippen molar-refractivity contribution in [3.8, 4) is 17.0 Å². The second kappa shape index (κ2) is 15.3. The van der Waals surface area contributed by atoms with Gasteiger partial charge in [-0.05, 0) is 98.1 Å². The highest BCUT2D eigenvalue weighted by atomic mass is 32.2. The predicted molar refractivity (Wildman–Crippen MR) is 182 cm³/mol. The quantitative estimate of drug-likeness (QED) is 0.231.